The number of nitrogens with one attached hydrogen (secondary N) is 1. The van der Waals surface area contributed by atoms with Crippen LogP contribution in [0.4, 0.5) is 6.01 Å². The number of sulfone groups is 1. The van der Waals surface area contributed by atoms with Crippen LogP contribution in [-0.4, -0.2) is 47.5 Å². The van der Waals surface area contributed by atoms with Crippen molar-refractivity contribution >= 4 is 27.3 Å². The van der Waals surface area contributed by atoms with Crippen LogP contribution in [0.1, 0.15) is 16.7 Å². The number of aliphatic imine (C=N–C) groups is 1. The lowest BCUT2D eigenvalue weighted by atomic mass is 9.96. The van der Waals surface area contributed by atoms with E-state index in [0.717, 1.165) is 22.9 Å². The summed E-state index contributed by atoms with van der Waals surface area (Å²) in [6.07, 6.45) is 1.59. The maximum absolute atomic E-state index is 13.0. The van der Waals surface area contributed by atoms with Gasteiger partial charge in [0.05, 0.1) is 10.6 Å². The molecule has 1 N–H and O–H groups in total. The largest absolute Gasteiger partial charge is 0.402 e. The van der Waals surface area contributed by atoms with E-state index in [1.165, 1.54) is 18.3 Å². The molecule has 1 aliphatic rings. The quantitative estimate of drug-likeness (QED) is 0.469. The smallest absolute Gasteiger partial charge is 0.317 e. The van der Waals surface area contributed by atoms with Gasteiger partial charge in [0.15, 0.2) is 21.8 Å². The van der Waals surface area contributed by atoms with Gasteiger partial charge >= 0.3 is 6.01 Å². The minimum atomic E-state index is -3.37. The Kier molecular flexibility index (Phi) is 5.50. The number of carbonyl (C=O) groups is 1. The van der Waals surface area contributed by atoms with E-state index in [2.05, 4.69) is 20.5 Å². The van der Waals surface area contributed by atoms with E-state index >= 15 is 0 Å². The van der Waals surface area contributed by atoms with E-state index in [9.17, 15) is 13.2 Å². The summed E-state index contributed by atoms with van der Waals surface area (Å²) in [6.45, 7) is 0. The van der Waals surface area contributed by atoms with Crippen molar-refractivity contribution in [1.29, 1.82) is 0 Å². The molecule has 9 nitrogen and oxygen atoms in total. The Morgan fingerprint density at radius 3 is 2.47 bits per heavy atom. The second kappa shape index (κ2) is 8.64. The van der Waals surface area contributed by atoms with Crippen molar-refractivity contribution in [3.8, 4) is 11.6 Å². The Bertz CT molecular complexity index is 1500. The number of aromatic nitrogens is 3. The Hall–Kier alpha value is -4.18. The third-order valence-corrected chi connectivity index (χ3v) is 6.41. The fourth-order valence-electron chi connectivity index (χ4n) is 3.63. The molecule has 2 aromatic carbocycles. The van der Waals surface area contributed by atoms with Crippen molar-refractivity contribution in [3.05, 3.63) is 89.6 Å². The van der Waals surface area contributed by atoms with Crippen molar-refractivity contribution in [3.63, 3.8) is 0 Å². The van der Waals surface area contributed by atoms with Crippen LogP contribution < -0.4 is 5.32 Å². The van der Waals surface area contributed by atoms with Crippen LogP contribution >= 0.6 is 0 Å². The molecule has 0 aliphatic carbocycles. The second-order valence-electron chi connectivity index (χ2n) is 7.75. The molecule has 0 spiro atoms. The predicted molar refractivity (Wildman–Crippen MR) is 125 cm³/mol. The van der Waals surface area contributed by atoms with Gasteiger partial charge in [0, 0.05) is 30.0 Å². The van der Waals surface area contributed by atoms with E-state index < -0.39 is 16.0 Å². The molecule has 3 heterocycles. The number of rotatable bonds is 5. The normalized spacial score (nSPS) is 15.9. The molecule has 34 heavy (non-hydrogen) atoms. The number of pyridine rings is 1. The Morgan fingerprint density at radius 2 is 1.74 bits per heavy atom. The molecule has 0 amide bonds. The van der Waals surface area contributed by atoms with Gasteiger partial charge in [0.1, 0.15) is 5.69 Å². The highest BCUT2D eigenvalue weighted by atomic mass is 32.2. The van der Waals surface area contributed by atoms with Gasteiger partial charge in [-0.1, -0.05) is 59.7 Å². The maximum Gasteiger partial charge on any atom is 0.317 e. The average Bonchev–Trinajstić information content (AvgIpc) is 3.25. The molecule has 1 atom stereocenters. The molecule has 0 bridgehead atoms. The zero-order valence-corrected chi connectivity index (χ0v) is 18.9. The van der Waals surface area contributed by atoms with Crippen LogP contribution in [0.15, 0.2) is 87.2 Å². The van der Waals surface area contributed by atoms with Crippen molar-refractivity contribution in [2.75, 3.05) is 11.6 Å². The number of Topliss-reactive ketones (excluding diaryl/α,β-unsaturated/α-hetero) is 1. The van der Waals surface area contributed by atoms with Crippen LogP contribution in [0.5, 0.6) is 0 Å². The topological polar surface area (TPSA) is 127 Å². The van der Waals surface area contributed by atoms with Crippen molar-refractivity contribution < 1.29 is 17.6 Å². The lowest BCUT2D eigenvalue weighted by Crippen LogP contribution is -2.29. The van der Waals surface area contributed by atoms with Gasteiger partial charge < -0.3 is 9.73 Å². The highest BCUT2D eigenvalue weighted by Crippen LogP contribution is 2.24. The number of ketones is 1. The zero-order valence-electron chi connectivity index (χ0n) is 18.0. The van der Waals surface area contributed by atoms with Gasteiger partial charge in [-0.05, 0) is 17.7 Å². The van der Waals surface area contributed by atoms with E-state index in [4.69, 9.17) is 9.41 Å². The van der Waals surface area contributed by atoms with E-state index in [1.54, 1.807) is 0 Å². The predicted octanol–water partition coefficient (Wildman–Crippen LogP) is 2.94. The van der Waals surface area contributed by atoms with Crippen molar-refractivity contribution in [2.24, 2.45) is 4.99 Å². The van der Waals surface area contributed by atoms with Crippen LogP contribution in [-0.2, 0) is 21.1 Å². The molecule has 10 heteroatoms. The molecule has 0 saturated heterocycles. The summed E-state index contributed by atoms with van der Waals surface area (Å²) < 4.78 is 28.9. The fourth-order valence-corrected chi connectivity index (χ4v) is 4.19. The molecule has 170 valence electrons. The molecule has 2 aromatic heterocycles. The van der Waals surface area contributed by atoms with Gasteiger partial charge in [-0.3, -0.25) is 9.79 Å². The van der Waals surface area contributed by atoms with Crippen LogP contribution in [0, 0.1) is 0 Å². The summed E-state index contributed by atoms with van der Waals surface area (Å²) in [7, 11) is -3.37. The SMILES string of the molecule is CS(=O)(=O)c1ccc(-c2nnc(NC3N=C(c4ccccc4)c4ccccc4CC3=O)o2)nc1. The van der Waals surface area contributed by atoms with Gasteiger partial charge in [-0.15, -0.1) is 5.10 Å². The number of anilines is 1. The Morgan fingerprint density at radius 1 is 0.971 bits per heavy atom. The van der Waals surface area contributed by atoms with E-state index in [-0.39, 0.29) is 29.0 Å². The zero-order chi connectivity index (χ0) is 23.7. The standard InChI is InChI=1S/C24H19N5O4S/c1-34(31,32)17-11-12-19(25-14-17)23-28-29-24(33-23)27-22-20(30)13-16-9-5-6-10-18(16)21(26-22)15-7-3-2-4-8-15/h2-12,14,22H,13H2,1H3,(H,27,29). The minimum Gasteiger partial charge on any atom is -0.402 e. The fraction of sp³-hybridized carbons (Fsp3) is 0.125. The van der Waals surface area contributed by atoms with Crippen LogP contribution in [0.3, 0.4) is 0 Å². The average molecular weight is 474 g/mol. The van der Waals surface area contributed by atoms with Gasteiger partial charge in [-0.2, -0.15) is 0 Å². The first kappa shape index (κ1) is 21.7. The summed E-state index contributed by atoms with van der Waals surface area (Å²) in [5.74, 6) is -0.0621. The third kappa shape index (κ3) is 4.35. The molecule has 1 unspecified atom stereocenters. The molecule has 0 radical (unpaired) electrons. The summed E-state index contributed by atoms with van der Waals surface area (Å²) >= 11 is 0. The summed E-state index contributed by atoms with van der Waals surface area (Å²) in [5.41, 5.74) is 3.67. The minimum absolute atomic E-state index is 0.00413. The van der Waals surface area contributed by atoms with Crippen molar-refractivity contribution in [1.82, 2.24) is 15.2 Å². The lowest BCUT2D eigenvalue weighted by Gasteiger charge is -2.11. The highest BCUT2D eigenvalue weighted by molar-refractivity contribution is 7.90. The highest BCUT2D eigenvalue weighted by Gasteiger charge is 2.27. The number of nitrogens with zero attached hydrogens (tertiary/aromatic N) is 4. The number of benzene rings is 2. The third-order valence-electron chi connectivity index (χ3n) is 5.32. The van der Waals surface area contributed by atoms with E-state index in [0.29, 0.717) is 11.4 Å². The lowest BCUT2D eigenvalue weighted by molar-refractivity contribution is -0.119. The van der Waals surface area contributed by atoms with Gasteiger partial charge in [0.25, 0.3) is 5.89 Å². The van der Waals surface area contributed by atoms with Gasteiger partial charge in [-0.25, -0.2) is 13.4 Å². The molecular formula is C24H19N5O4S. The molecule has 4 aromatic rings. The van der Waals surface area contributed by atoms with E-state index in [1.807, 2.05) is 54.6 Å². The Labute approximate surface area is 195 Å². The van der Waals surface area contributed by atoms with Crippen LogP contribution in [0.25, 0.3) is 11.6 Å². The second-order valence-corrected chi connectivity index (χ2v) is 9.77. The molecule has 0 saturated carbocycles. The first-order valence-corrected chi connectivity index (χ1v) is 12.3. The van der Waals surface area contributed by atoms with Gasteiger partial charge in [0.2, 0.25) is 0 Å². The van der Waals surface area contributed by atoms with Crippen molar-refractivity contribution in [2.45, 2.75) is 17.5 Å². The number of hydrogen-bond acceptors (Lipinski definition) is 9. The molecule has 1 aliphatic heterocycles. The maximum atomic E-state index is 13.0. The first-order valence-electron chi connectivity index (χ1n) is 10.4. The molecule has 5 rings (SSSR count). The summed E-state index contributed by atoms with van der Waals surface area (Å²) in [5, 5.41) is 10.9. The number of hydrogen-bond donors (Lipinski definition) is 1. The molecular weight excluding hydrogens is 454 g/mol. The Balaban J connectivity index is 1.45. The first-order chi connectivity index (χ1) is 16.4. The number of fused-ring (bicyclic) bond motifs is 1. The summed E-state index contributed by atoms with van der Waals surface area (Å²) in [6, 6.07) is 20.2. The summed E-state index contributed by atoms with van der Waals surface area (Å²) in [4.78, 5) is 21.9. The number of carbonyl (C=O) groups excluding carboxylic acids is 1. The molecule has 0 fully saturated rings. The van der Waals surface area contributed by atoms with Crippen LogP contribution in [0.2, 0.25) is 0 Å². The monoisotopic (exact) mass is 473 g/mol.